The van der Waals surface area contributed by atoms with Crippen molar-refractivity contribution in [1.29, 1.82) is 0 Å². The molecule has 12 nitrogen and oxygen atoms in total. The van der Waals surface area contributed by atoms with Crippen LogP contribution in [0, 0.1) is 11.8 Å². The summed E-state index contributed by atoms with van der Waals surface area (Å²) in [6.07, 6.45) is 93.9. The molecule has 0 aliphatic rings. The number of hydrogen-bond donors (Lipinski definition) is 1. The summed E-state index contributed by atoms with van der Waals surface area (Å²) in [7, 11) is 0. The number of allylic oxidation sites excluding steroid dienone is 10. The van der Waals surface area contributed by atoms with Crippen molar-refractivity contribution in [2.24, 2.45) is 11.8 Å². The standard InChI is InChI=1S/C96H172O12/c1-5-9-13-17-21-25-29-33-37-44-50-56-62-68-74-80-92(99)104-84-88(85-105-93(100)81-75-69-63-57-51-45-38-34-30-26-22-18-14-10-6-2)90(78-72-66-60-54-48-42-41-43-49-55-61-67-73-79-91(97)98)96(103)108-89(86-106-94(101)82-76-70-64-58-52-46-39-35-31-27-23-19-15-11-7-3)87-107-95(102)83-77-71-65-59-53-47-40-36-32-28-24-20-16-12-8-4/h33-42,88-90H,5-32,43-87H2,1-4H3,(H,97,98). The Morgan fingerprint density at radius 1 is 0.241 bits per heavy atom. The van der Waals surface area contributed by atoms with Crippen molar-refractivity contribution >= 4 is 35.8 Å². The van der Waals surface area contributed by atoms with Gasteiger partial charge in [-0.05, 0) is 167 Å². The molecule has 0 radical (unpaired) electrons. The first kappa shape index (κ1) is 104. The van der Waals surface area contributed by atoms with Gasteiger partial charge in [0.05, 0.1) is 19.1 Å². The first-order valence-electron chi connectivity index (χ1n) is 46.4. The summed E-state index contributed by atoms with van der Waals surface area (Å²) in [5.41, 5.74) is 0. The summed E-state index contributed by atoms with van der Waals surface area (Å²) in [4.78, 5) is 80.1. The van der Waals surface area contributed by atoms with Crippen molar-refractivity contribution in [2.75, 3.05) is 26.4 Å². The zero-order valence-electron chi connectivity index (χ0n) is 71.1. The number of unbranched alkanes of at least 4 members (excludes halogenated alkanes) is 53. The first-order valence-corrected chi connectivity index (χ1v) is 46.4. The summed E-state index contributed by atoms with van der Waals surface area (Å²) in [5.74, 6) is -4.33. The number of hydrogen-bond acceptors (Lipinski definition) is 11. The van der Waals surface area contributed by atoms with Crippen LogP contribution in [0.15, 0.2) is 60.8 Å². The molecule has 108 heavy (non-hydrogen) atoms. The fraction of sp³-hybridized carbons (Fsp3) is 0.833. The lowest BCUT2D eigenvalue weighted by atomic mass is 9.88. The maximum atomic E-state index is 15.0. The van der Waals surface area contributed by atoms with Gasteiger partial charge in [-0.2, -0.15) is 0 Å². The Morgan fingerprint density at radius 2 is 0.435 bits per heavy atom. The van der Waals surface area contributed by atoms with E-state index < -0.39 is 29.9 Å². The molecule has 1 atom stereocenters. The number of ether oxygens (including phenoxy) is 5. The van der Waals surface area contributed by atoms with Gasteiger partial charge in [0.25, 0.3) is 0 Å². The van der Waals surface area contributed by atoms with E-state index in [4.69, 9.17) is 28.8 Å². The average molecular weight is 1520 g/mol. The molecule has 0 saturated carbocycles. The Balaban J connectivity index is 6.38. The Hall–Kier alpha value is -4.48. The van der Waals surface area contributed by atoms with Crippen molar-refractivity contribution in [2.45, 2.75) is 477 Å². The quantitative estimate of drug-likeness (QED) is 0.0265. The van der Waals surface area contributed by atoms with Crippen molar-refractivity contribution < 1.29 is 57.6 Å². The molecule has 0 spiro atoms. The number of esters is 5. The van der Waals surface area contributed by atoms with Crippen LogP contribution in [0.2, 0.25) is 0 Å². The Morgan fingerprint density at radius 3 is 0.667 bits per heavy atom. The molecule has 0 aromatic carbocycles. The van der Waals surface area contributed by atoms with Crippen LogP contribution in [0.25, 0.3) is 0 Å². The maximum Gasteiger partial charge on any atom is 0.310 e. The highest BCUT2D eigenvalue weighted by molar-refractivity contribution is 5.74. The van der Waals surface area contributed by atoms with Gasteiger partial charge in [-0.1, -0.05) is 332 Å². The minimum Gasteiger partial charge on any atom is -0.481 e. The van der Waals surface area contributed by atoms with Crippen molar-refractivity contribution in [3.63, 3.8) is 0 Å². The van der Waals surface area contributed by atoms with Crippen LogP contribution in [0.5, 0.6) is 0 Å². The second-order valence-corrected chi connectivity index (χ2v) is 31.7. The minimum absolute atomic E-state index is 0.127. The van der Waals surface area contributed by atoms with Crippen molar-refractivity contribution in [3.8, 4) is 0 Å². The smallest absolute Gasteiger partial charge is 0.310 e. The molecule has 0 aromatic heterocycles. The predicted octanol–water partition coefficient (Wildman–Crippen LogP) is 29.2. The molecule has 1 unspecified atom stereocenters. The fourth-order valence-corrected chi connectivity index (χ4v) is 13.9. The van der Waals surface area contributed by atoms with Crippen LogP contribution < -0.4 is 0 Å². The SMILES string of the molecule is CCCCCCCCC=CCCCCCCCC(=O)OCC(COC(=O)CCCCCCCC=CCCCCCCCC)OC(=O)C(CCCCCCC=CCCCCCCCC(=O)O)C(COC(=O)CCCCCCCC=CCCCCCCCC)COC(=O)CCCCCCCC=CCCCCCCCC. The van der Waals surface area contributed by atoms with Gasteiger partial charge in [0, 0.05) is 38.0 Å². The van der Waals surface area contributed by atoms with Gasteiger partial charge in [-0.3, -0.25) is 28.8 Å². The van der Waals surface area contributed by atoms with Gasteiger partial charge >= 0.3 is 35.8 Å². The van der Waals surface area contributed by atoms with E-state index >= 15 is 4.79 Å². The van der Waals surface area contributed by atoms with E-state index in [2.05, 4.69) is 88.5 Å². The summed E-state index contributed by atoms with van der Waals surface area (Å²) >= 11 is 0. The normalized spacial score (nSPS) is 12.7. The van der Waals surface area contributed by atoms with Crippen molar-refractivity contribution in [3.05, 3.63) is 60.8 Å². The topological polar surface area (TPSA) is 169 Å². The fourth-order valence-electron chi connectivity index (χ4n) is 13.9. The number of carbonyl (C=O) groups excluding carboxylic acids is 5. The van der Waals surface area contributed by atoms with Crippen LogP contribution in [0.1, 0.15) is 471 Å². The van der Waals surface area contributed by atoms with Crippen LogP contribution in [0.3, 0.4) is 0 Å². The number of carboxylic acid groups (broad SMARTS) is 1. The van der Waals surface area contributed by atoms with Gasteiger partial charge < -0.3 is 28.8 Å². The van der Waals surface area contributed by atoms with E-state index in [1.165, 1.54) is 154 Å². The van der Waals surface area contributed by atoms with Gasteiger partial charge in [-0.15, -0.1) is 0 Å². The number of aliphatic carboxylic acids is 1. The maximum absolute atomic E-state index is 15.0. The lowest BCUT2D eigenvalue weighted by molar-refractivity contribution is -0.173. The Bertz CT molecular complexity index is 2030. The van der Waals surface area contributed by atoms with Gasteiger partial charge in [0.2, 0.25) is 0 Å². The number of rotatable bonds is 86. The van der Waals surface area contributed by atoms with E-state index in [-0.39, 0.29) is 82.4 Å². The Labute approximate surface area is 665 Å². The van der Waals surface area contributed by atoms with E-state index in [0.717, 1.165) is 218 Å². The lowest BCUT2D eigenvalue weighted by Gasteiger charge is -2.27. The zero-order chi connectivity index (χ0) is 78.4. The van der Waals surface area contributed by atoms with Crippen LogP contribution in [0.4, 0.5) is 0 Å². The van der Waals surface area contributed by atoms with E-state index in [0.29, 0.717) is 38.5 Å². The molecular weight excluding hydrogens is 1350 g/mol. The number of carbonyl (C=O) groups is 6. The largest absolute Gasteiger partial charge is 0.481 e. The highest BCUT2D eigenvalue weighted by atomic mass is 16.6. The molecule has 0 aromatic rings. The number of carboxylic acids is 1. The summed E-state index contributed by atoms with van der Waals surface area (Å²) in [5, 5.41) is 8.94. The van der Waals surface area contributed by atoms with E-state index in [9.17, 15) is 24.0 Å². The molecule has 0 aliphatic carbocycles. The highest BCUT2D eigenvalue weighted by Crippen LogP contribution is 2.26. The highest BCUT2D eigenvalue weighted by Gasteiger charge is 2.34. The Kier molecular flexibility index (Phi) is 82.9. The van der Waals surface area contributed by atoms with Crippen LogP contribution in [-0.2, 0) is 52.5 Å². The third-order valence-corrected chi connectivity index (χ3v) is 21.1. The third-order valence-electron chi connectivity index (χ3n) is 21.1. The molecule has 1 N–H and O–H groups in total. The van der Waals surface area contributed by atoms with Gasteiger partial charge in [-0.25, -0.2) is 0 Å². The molecule has 628 valence electrons. The molecule has 0 amide bonds. The zero-order valence-corrected chi connectivity index (χ0v) is 71.1. The summed E-state index contributed by atoms with van der Waals surface area (Å²) < 4.78 is 30.2. The second-order valence-electron chi connectivity index (χ2n) is 31.7. The minimum atomic E-state index is -1.08. The van der Waals surface area contributed by atoms with E-state index in [1.54, 1.807) is 0 Å². The molecule has 0 rings (SSSR count). The van der Waals surface area contributed by atoms with Gasteiger partial charge in [0.15, 0.2) is 6.10 Å². The van der Waals surface area contributed by atoms with Crippen molar-refractivity contribution in [1.82, 2.24) is 0 Å². The van der Waals surface area contributed by atoms with Crippen LogP contribution in [-0.4, -0.2) is 73.5 Å². The predicted molar refractivity (Wildman–Crippen MR) is 455 cm³/mol. The second kappa shape index (κ2) is 86.5. The molecule has 0 heterocycles. The summed E-state index contributed by atoms with van der Waals surface area (Å²) in [6, 6.07) is 0. The third kappa shape index (κ3) is 79.6. The molecule has 12 heteroatoms. The molecule has 0 fully saturated rings. The summed E-state index contributed by atoms with van der Waals surface area (Å²) in [6.45, 7) is 8.23. The monoisotopic (exact) mass is 1520 g/mol. The molecular formula is C96H172O12. The molecule has 0 bridgehead atoms. The van der Waals surface area contributed by atoms with Crippen LogP contribution >= 0.6 is 0 Å². The first-order chi connectivity index (χ1) is 53.1. The van der Waals surface area contributed by atoms with Gasteiger partial charge in [0.1, 0.15) is 13.2 Å². The molecule has 0 aliphatic heterocycles. The average Bonchev–Trinajstić information content (AvgIpc) is 0.867. The lowest BCUT2D eigenvalue weighted by Crippen LogP contribution is -2.38. The van der Waals surface area contributed by atoms with E-state index in [1.807, 2.05) is 0 Å². The molecule has 0 saturated heterocycles.